The maximum atomic E-state index is 6.19. The highest BCUT2D eigenvalue weighted by molar-refractivity contribution is 6.32. The molecule has 106 valence electrons. The van der Waals surface area contributed by atoms with Crippen LogP contribution in [0.5, 0.6) is 11.5 Å². The summed E-state index contributed by atoms with van der Waals surface area (Å²) in [5.74, 6) is 1.51. The molecule has 4 heteroatoms. The average Bonchev–Trinajstić information content (AvgIpc) is 2.47. The van der Waals surface area contributed by atoms with Crippen molar-refractivity contribution in [3.8, 4) is 11.5 Å². The highest BCUT2D eigenvalue weighted by Crippen LogP contribution is 2.26. The Morgan fingerprint density at radius 3 is 2.35 bits per heavy atom. The average molecular weight is 292 g/mol. The molecule has 0 unspecified atom stereocenters. The van der Waals surface area contributed by atoms with E-state index in [0.717, 1.165) is 23.3 Å². The largest absolute Gasteiger partial charge is 0.497 e. The first kappa shape index (κ1) is 14.7. The molecule has 0 saturated carbocycles. The molecule has 0 saturated heterocycles. The van der Waals surface area contributed by atoms with Gasteiger partial charge in [0.1, 0.15) is 18.1 Å². The lowest BCUT2D eigenvalue weighted by atomic mass is 10.1. The number of ether oxygens (including phenoxy) is 2. The van der Waals surface area contributed by atoms with E-state index >= 15 is 0 Å². The van der Waals surface area contributed by atoms with Gasteiger partial charge in [0.2, 0.25) is 0 Å². The molecule has 20 heavy (non-hydrogen) atoms. The van der Waals surface area contributed by atoms with Crippen LogP contribution in [-0.2, 0) is 13.0 Å². The summed E-state index contributed by atoms with van der Waals surface area (Å²) in [5.41, 5.74) is 7.71. The maximum absolute atomic E-state index is 6.19. The van der Waals surface area contributed by atoms with Gasteiger partial charge in [-0.15, -0.1) is 0 Å². The van der Waals surface area contributed by atoms with Gasteiger partial charge in [-0.3, -0.25) is 0 Å². The lowest BCUT2D eigenvalue weighted by molar-refractivity contribution is 0.306. The SMILES string of the molecule is COc1ccc(COc2ccc(CCN)cc2Cl)cc1. The van der Waals surface area contributed by atoms with Crippen LogP contribution >= 0.6 is 11.6 Å². The van der Waals surface area contributed by atoms with Gasteiger partial charge in [-0.25, -0.2) is 0 Å². The predicted molar refractivity (Wildman–Crippen MR) is 81.5 cm³/mol. The third-order valence-corrected chi connectivity index (χ3v) is 3.28. The van der Waals surface area contributed by atoms with Crippen molar-refractivity contribution in [1.29, 1.82) is 0 Å². The molecule has 2 aromatic carbocycles. The van der Waals surface area contributed by atoms with E-state index in [1.165, 1.54) is 0 Å². The van der Waals surface area contributed by atoms with Gasteiger partial charge in [0.25, 0.3) is 0 Å². The second-order valence-electron chi connectivity index (χ2n) is 4.44. The molecule has 2 N–H and O–H groups in total. The van der Waals surface area contributed by atoms with Gasteiger partial charge >= 0.3 is 0 Å². The van der Waals surface area contributed by atoms with Crippen LogP contribution in [0.1, 0.15) is 11.1 Å². The van der Waals surface area contributed by atoms with Gasteiger partial charge in [0.15, 0.2) is 0 Å². The van der Waals surface area contributed by atoms with E-state index < -0.39 is 0 Å². The summed E-state index contributed by atoms with van der Waals surface area (Å²) < 4.78 is 10.8. The summed E-state index contributed by atoms with van der Waals surface area (Å²) in [4.78, 5) is 0. The van der Waals surface area contributed by atoms with E-state index in [0.29, 0.717) is 23.9 Å². The fraction of sp³-hybridized carbons (Fsp3) is 0.250. The molecule has 0 atom stereocenters. The Bertz CT molecular complexity index is 555. The van der Waals surface area contributed by atoms with Crippen molar-refractivity contribution in [2.24, 2.45) is 5.73 Å². The lowest BCUT2D eigenvalue weighted by Crippen LogP contribution is -2.03. The first-order valence-corrected chi connectivity index (χ1v) is 6.85. The van der Waals surface area contributed by atoms with Crippen molar-refractivity contribution < 1.29 is 9.47 Å². The Labute approximate surface area is 124 Å². The van der Waals surface area contributed by atoms with Crippen molar-refractivity contribution in [1.82, 2.24) is 0 Å². The van der Waals surface area contributed by atoms with Gasteiger partial charge in [-0.05, 0) is 48.4 Å². The van der Waals surface area contributed by atoms with Gasteiger partial charge in [0, 0.05) is 0 Å². The Morgan fingerprint density at radius 2 is 1.75 bits per heavy atom. The number of hydrogen-bond donors (Lipinski definition) is 1. The molecular formula is C16H18ClNO2. The maximum Gasteiger partial charge on any atom is 0.138 e. The summed E-state index contributed by atoms with van der Waals surface area (Å²) in [6.07, 6.45) is 0.818. The van der Waals surface area contributed by atoms with E-state index in [1.54, 1.807) is 7.11 Å². The smallest absolute Gasteiger partial charge is 0.138 e. The summed E-state index contributed by atoms with van der Waals surface area (Å²) in [5, 5.41) is 0.615. The van der Waals surface area contributed by atoms with E-state index in [9.17, 15) is 0 Å². The molecule has 0 bridgehead atoms. The standard InChI is InChI=1S/C16H18ClNO2/c1-19-14-5-2-13(3-6-14)11-20-16-7-4-12(8-9-18)10-15(16)17/h2-7,10H,8-9,11,18H2,1H3. The zero-order valence-electron chi connectivity index (χ0n) is 11.4. The molecular weight excluding hydrogens is 274 g/mol. The number of methoxy groups -OCH3 is 1. The quantitative estimate of drug-likeness (QED) is 0.887. The minimum Gasteiger partial charge on any atom is -0.497 e. The van der Waals surface area contributed by atoms with Crippen LogP contribution in [0.15, 0.2) is 42.5 Å². The Balaban J connectivity index is 1.99. The Morgan fingerprint density at radius 1 is 1.05 bits per heavy atom. The van der Waals surface area contributed by atoms with Crippen LogP contribution in [0.3, 0.4) is 0 Å². The van der Waals surface area contributed by atoms with Crippen molar-refractivity contribution in [2.45, 2.75) is 13.0 Å². The zero-order chi connectivity index (χ0) is 14.4. The van der Waals surface area contributed by atoms with Crippen LogP contribution in [-0.4, -0.2) is 13.7 Å². The Kier molecular flexibility index (Phi) is 5.27. The minimum atomic E-state index is 0.472. The summed E-state index contributed by atoms with van der Waals surface area (Å²) >= 11 is 6.19. The van der Waals surface area contributed by atoms with Crippen LogP contribution < -0.4 is 15.2 Å². The number of nitrogens with two attached hydrogens (primary N) is 1. The molecule has 0 spiro atoms. The zero-order valence-corrected chi connectivity index (χ0v) is 12.2. The fourth-order valence-corrected chi connectivity index (χ4v) is 2.12. The van der Waals surface area contributed by atoms with Crippen LogP contribution in [0, 0.1) is 0 Å². The van der Waals surface area contributed by atoms with Gasteiger partial charge in [-0.2, -0.15) is 0 Å². The third kappa shape index (κ3) is 3.89. The molecule has 0 aromatic heterocycles. The second kappa shape index (κ2) is 7.17. The predicted octanol–water partition coefficient (Wildman–Crippen LogP) is 3.43. The first-order chi connectivity index (χ1) is 9.72. The monoisotopic (exact) mass is 291 g/mol. The van der Waals surface area contributed by atoms with Gasteiger partial charge in [0.05, 0.1) is 12.1 Å². The number of hydrogen-bond acceptors (Lipinski definition) is 3. The topological polar surface area (TPSA) is 44.5 Å². The van der Waals surface area contributed by atoms with Crippen LogP contribution in [0.2, 0.25) is 5.02 Å². The molecule has 2 rings (SSSR count). The fourth-order valence-electron chi connectivity index (χ4n) is 1.87. The molecule has 0 heterocycles. The van der Waals surface area contributed by atoms with E-state index in [1.807, 2.05) is 42.5 Å². The van der Waals surface area contributed by atoms with E-state index in [-0.39, 0.29) is 0 Å². The van der Waals surface area contributed by atoms with Gasteiger partial charge in [-0.1, -0.05) is 29.8 Å². The first-order valence-electron chi connectivity index (χ1n) is 6.47. The molecule has 2 aromatic rings. The highest BCUT2D eigenvalue weighted by Gasteiger charge is 2.04. The highest BCUT2D eigenvalue weighted by atomic mass is 35.5. The minimum absolute atomic E-state index is 0.472. The van der Waals surface area contributed by atoms with E-state index in [2.05, 4.69) is 0 Å². The molecule has 0 aliphatic heterocycles. The van der Waals surface area contributed by atoms with Crippen LogP contribution in [0.25, 0.3) is 0 Å². The summed E-state index contributed by atoms with van der Waals surface area (Å²) in [6.45, 7) is 1.09. The normalized spacial score (nSPS) is 10.3. The number of halogens is 1. The van der Waals surface area contributed by atoms with Crippen molar-refractivity contribution in [2.75, 3.05) is 13.7 Å². The molecule has 0 aliphatic carbocycles. The summed E-state index contributed by atoms with van der Waals surface area (Å²) in [6, 6.07) is 13.5. The van der Waals surface area contributed by atoms with Crippen LogP contribution in [0.4, 0.5) is 0 Å². The molecule has 0 aliphatic rings. The Hall–Kier alpha value is -1.71. The van der Waals surface area contributed by atoms with Crippen molar-refractivity contribution in [3.05, 3.63) is 58.6 Å². The van der Waals surface area contributed by atoms with Crippen molar-refractivity contribution >= 4 is 11.6 Å². The molecule has 0 amide bonds. The third-order valence-electron chi connectivity index (χ3n) is 2.98. The molecule has 3 nitrogen and oxygen atoms in total. The van der Waals surface area contributed by atoms with Gasteiger partial charge < -0.3 is 15.2 Å². The second-order valence-corrected chi connectivity index (χ2v) is 4.85. The molecule has 0 fully saturated rings. The van der Waals surface area contributed by atoms with E-state index in [4.69, 9.17) is 26.8 Å². The lowest BCUT2D eigenvalue weighted by Gasteiger charge is -2.10. The van der Waals surface area contributed by atoms with Crippen molar-refractivity contribution in [3.63, 3.8) is 0 Å². The molecule has 0 radical (unpaired) electrons. The number of rotatable bonds is 6. The number of benzene rings is 2. The summed E-state index contributed by atoms with van der Waals surface area (Å²) in [7, 11) is 1.65.